The molecule has 0 bridgehead atoms. The second-order valence-electron chi connectivity index (χ2n) is 7.99. The number of para-hydroxylation sites is 1. The number of fused-ring (bicyclic) bond motifs is 3. The van der Waals surface area contributed by atoms with Crippen LogP contribution in [-0.4, -0.2) is 46.0 Å². The van der Waals surface area contributed by atoms with Crippen molar-refractivity contribution in [1.82, 2.24) is 19.7 Å². The Balaban J connectivity index is 1.64. The number of morpholine rings is 1. The minimum atomic E-state index is 0.675. The van der Waals surface area contributed by atoms with Crippen LogP contribution < -0.4 is 4.90 Å². The van der Waals surface area contributed by atoms with Gasteiger partial charge in [-0.25, -0.2) is 0 Å². The maximum Gasteiger partial charge on any atom is 0.168 e. The average Bonchev–Trinajstić information content (AvgIpc) is 3.23. The van der Waals surface area contributed by atoms with Gasteiger partial charge in [0.15, 0.2) is 11.6 Å². The summed E-state index contributed by atoms with van der Waals surface area (Å²) < 4.78 is 7.76. The van der Waals surface area contributed by atoms with E-state index in [4.69, 9.17) is 16.3 Å². The van der Waals surface area contributed by atoms with Gasteiger partial charge in [0, 0.05) is 35.4 Å². The Morgan fingerprint density at radius 3 is 2.27 bits per heavy atom. The number of hydrogen-bond donors (Lipinski definition) is 0. The highest BCUT2D eigenvalue weighted by Crippen LogP contribution is 2.42. The first-order valence-corrected chi connectivity index (χ1v) is 11.4. The van der Waals surface area contributed by atoms with E-state index in [9.17, 15) is 0 Å². The number of anilines is 2. The molecular formula is C26H22ClN5O. The number of nitrogens with zero attached hydrogens (tertiary/aromatic N) is 5. The highest BCUT2D eigenvalue weighted by atomic mass is 35.5. The zero-order valence-electron chi connectivity index (χ0n) is 17.9. The summed E-state index contributed by atoms with van der Waals surface area (Å²) in [6, 6.07) is 26.5. The standard InChI is InChI=1S/C26H22ClN5O/c27-20-11-12-22-23(17-20)31(21-9-5-2-6-10-21)25(30-13-15-33-16-14-30)18-24-28-29-26(32(22)24)19-7-3-1-4-8-19/h1-12,17-18H,13-16H2. The van der Waals surface area contributed by atoms with Crippen LogP contribution in [-0.2, 0) is 4.74 Å². The molecule has 0 aliphatic carbocycles. The molecule has 164 valence electrons. The van der Waals surface area contributed by atoms with Gasteiger partial charge in [-0.2, -0.15) is 0 Å². The van der Waals surface area contributed by atoms with Crippen molar-refractivity contribution in [2.75, 3.05) is 31.2 Å². The summed E-state index contributed by atoms with van der Waals surface area (Å²) in [4.78, 5) is 4.60. The Morgan fingerprint density at radius 2 is 1.52 bits per heavy atom. The third-order valence-electron chi connectivity index (χ3n) is 5.98. The van der Waals surface area contributed by atoms with E-state index < -0.39 is 0 Å². The third kappa shape index (κ3) is 3.57. The van der Waals surface area contributed by atoms with Crippen LogP contribution in [0.2, 0.25) is 5.02 Å². The summed E-state index contributed by atoms with van der Waals surface area (Å²) in [6.07, 6.45) is 2.12. The molecule has 0 radical (unpaired) electrons. The molecule has 33 heavy (non-hydrogen) atoms. The number of benzene rings is 3. The van der Waals surface area contributed by atoms with E-state index in [0.717, 1.165) is 53.2 Å². The molecule has 0 spiro atoms. The van der Waals surface area contributed by atoms with Crippen LogP contribution in [0.25, 0.3) is 23.2 Å². The van der Waals surface area contributed by atoms with Crippen molar-refractivity contribution in [3.8, 4) is 17.1 Å². The Labute approximate surface area is 197 Å². The largest absolute Gasteiger partial charge is 0.378 e. The molecule has 3 heterocycles. The van der Waals surface area contributed by atoms with E-state index in [0.29, 0.717) is 18.2 Å². The van der Waals surface area contributed by atoms with Gasteiger partial charge in [0.2, 0.25) is 0 Å². The predicted octanol–water partition coefficient (Wildman–Crippen LogP) is 5.37. The van der Waals surface area contributed by atoms with Crippen molar-refractivity contribution in [1.29, 1.82) is 0 Å². The first-order chi connectivity index (χ1) is 16.3. The summed E-state index contributed by atoms with van der Waals surface area (Å²) in [5.41, 5.74) is 4.01. The third-order valence-corrected chi connectivity index (χ3v) is 6.21. The van der Waals surface area contributed by atoms with E-state index >= 15 is 0 Å². The summed E-state index contributed by atoms with van der Waals surface area (Å²) in [5, 5.41) is 9.86. The zero-order valence-corrected chi connectivity index (χ0v) is 18.7. The van der Waals surface area contributed by atoms with Crippen LogP contribution in [0.5, 0.6) is 0 Å². The molecule has 1 fully saturated rings. The van der Waals surface area contributed by atoms with Crippen LogP contribution in [0, 0.1) is 0 Å². The molecule has 7 heteroatoms. The second kappa shape index (κ2) is 8.39. The lowest BCUT2D eigenvalue weighted by Crippen LogP contribution is -2.40. The van der Waals surface area contributed by atoms with E-state index in [1.807, 2.05) is 42.5 Å². The quantitative estimate of drug-likeness (QED) is 0.415. The van der Waals surface area contributed by atoms with Crippen LogP contribution >= 0.6 is 11.6 Å². The summed E-state index contributed by atoms with van der Waals surface area (Å²) in [5.74, 6) is 2.60. The lowest BCUT2D eigenvalue weighted by atomic mass is 10.1. The molecule has 1 aromatic heterocycles. The van der Waals surface area contributed by atoms with Crippen molar-refractivity contribution in [3.63, 3.8) is 0 Å². The van der Waals surface area contributed by atoms with Crippen LogP contribution in [0.1, 0.15) is 5.82 Å². The van der Waals surface area contributed by atoms with Crippen molar-refractivity contribution < 1.29 is 4.74 Å². The summed E-state index contributed by atoms with van der Waals surface area (Å²) in [7, 11) is 0. The minimum Gasteiger partial charge on any atom is -0.378 e. The van der Waals surface area contributed by atoms with E-state index in [1.165, 1.54) is 0 Å². The number of halogens is 1. The molecular weight excluding hydrogens is 434 g/mol. The van der Waals surface area contributed by atoms with Crippen LogP contribution in [0.4, 0.5) is 11.4 Å². The molecule has 2 aliphatic heterocycles. The maximum atomic E-state index is 6.55. The van der Waals surface area contributed by atoms with Gasteiger partial charge in [-0.15, -0.1) is 10.2 Å². The SMILES string of the molecule is Clc1ccc2c(c1)N(c1ccccc1)C(N1CCOCC1)=Cc1nnc(-c3ccccc3)n1-2. The number of aromatic nitrogens is 3. The molecule has 0 N–H and O–H groups in total. The minimum absolute atomic E-state index is 0.675. The Kier molecular flexibility index (Phi) is 5.09. The topological polar surface area (TPSA) is 46.4 Å². The van der Waals surface area contributed by atoms with Crippen molar-refractivity contribution in [3.05, 3.63) is 95.5 Å². The van der Waals surface area contributed by atoms with Gasteiger partial charge in [0.1, 0.15) is 5.82 Å². The van der Waals surface area contributed by atoms with Crippen LogP contribution in [0.3, 0.4) is 0 Å². The summed E-state index contributed by atoms with van der Waals surface area (Å²) in [6.45, 7) is 2.96. The average molecular weight is 456 g/mol. The Bertz CT molecular complexity index is 1310. The summed E-state index contributed by atoms with van der Waals surface area (Å²) >= 11 is 6.55. The zero-order chi connectivity index (χ0) is 22.2. The van der Waals surface area contributed by atoms with Gasteiger partial charge in [-0.1, -0.05) is 60.1 Å². The fourth-order valence-corrected chi connectivity index (χ4v) is 4.61. The molecule has 6 nitrogen and oxygen atoms in total. The highest BCUT2D eigenvalue weighted by molar-refractivity contribution is 6.31. The Hall–Kier alpha value is -3.61. The van der Waals surface area contributed by atoms with Crippen LogP contribution in [0.15, 0.2) is 84.7 Å². The second-order valence-corrected chi connectivity index (χ2v) is 8.43. The molecule has 0 atom stereocenters. The molecule has 6 rings (SSSR count). The van der Waals surface area contributed by atoms with E-state index in [1.54, 1.807) is 0 Å². The molecule has 3 aromatic carbocycles. The Morgan fingerprint density at radius 1 is 0.788 bits per heavy atom. The first-order valence-electron chi connectivity index (χ1n) is 11.0. The van der Waals surface area contributed by atoms with Crippen molar-refractivity contribution in [2.24, 2.45) is 0 Å². The lowest BCUT2D eigenvalue weighted by Gasteiger charge is -2.37. The fourth-order valence-electron chi connectivity index (χ4n) is 4.44. The smallest absolute Gasteiger partial charge is 0.168 e. The first kappa shape index (κ1) is 20.0. The van der Waals surface area contributed by atoms with Crippen molar-refractivity contribution in [2.45, 2.75) is 0 Å². The molecule has 4 aromatic rings. The van der Waals surface area contributed by atoms with E-state index in [-0.39, 0.29) is 0 Å². The predicted molar refractivity (Wildman–Crippen MR) is 131 cm³/mol. The number of rotatable bonds is 3. The normalized spacial score (nSPS) is 15.5. The molecule has 2 aliphatic rings. The maximum absolute atomic E-state index is 6.55. The molecule has 1 saturated heterocycles. The van der Waals surface area contributed by atoms with Crippen molar-refractivity contribution >= 4 is 29.1 Å². The lowest BCUT2D eigenvalue weighted by molar-refractivity contribution is 0.0535. The monoisotopic (exact) mass is 455 g/mol. The van der Waals surface area contributed by atoms with Gasteiger partial charge < -0.3 is 9.64 Å². The van der Waals surface area contributed by atoms with E-state index in [2.05, 4.69) is 67.0 Å². The van der Waals surface area contributed by atoms with Gasteiger partial charge in [0.05, 0.1) is 24.6 Å². The molecule has 0 saturated carbocycles. The van der Waals surface area contributed by atoms with Gasteiger partial charge in [0.25, 0.3) is 0 Å². The van der Waals surface area contributed by atoms with Gasteiger partial charge in [-0.05, 0) is 30.3 Å². The number of ether oxygens (including phenoxy) is 1. The highest BCUT2D eigenvalue weighted by Gasteiger charge is 2.30. The number of hydrogen-bond acceptors (Lipinski definition) is 5. The van der Waals surface area contributed by atoms with Gasteiger partial charge >= 0.3 is 0 Å². The fraction of sp³-hybridized carbons (Fsp3) is 0.154. The van der Waals surface area contributed by atoms with Gasteiger partial charge in [-0.3, -0.25) is 9.47 Å². The molecule has 0 unspecified atom stereocenters. The molecule has 0 amide bonds.